The topological polar surface area (TPSA) is 81.2 Å². The molecule has 0 aliphatic rings. The number of nitro benzene ring substituents is 1. The Morgan fingerprint density at radius 3 is 2.57 bits per heavy atom. The summed E-state index contributed by atoms with van der Waals surface area (Å²) in [6.07, 6.45) is -2.20. The van der Waals surface area contributed by atoms with Crippen molar-refractivity contribution in [1.29, 1.82) is 0 Å². The first-order chi connectivity index (χ1) is 9.79. The largest absolute Gasteiger partial charge is 0.423 e. The molecule has 1 atom stereocenters. The molecule has 0 bridgehead atoms. The van der Waals surface area contributed by atoms with Crippen molar-refractivity contribution in [2.75, 3.05) is 11.9 Å². The SMILES string of the molecule is CCCCC(CN)Nc1ccc([N+](=O)[O-])c(C(F)(F)F)c1. The second kappa shape index (κ2) is 7.26. The van der Waals surface area contributed by atoms with E-state index < -0.39 is 22.4 Å². The van der Waals surface area contributed by atoms with Gasteiger partial charge in [0.15, 0.2) is 0 Å². The van der Waals surface area contributed by atoms with Gasteiger partial charge in [0.2, 0.25) is 0 Å². The summed E-state index contributed by atoms with van der Waals surface area (Å²) in [5, 5.41) is 13.6. The predicted molar refractivity (Wildman–Crippen MR) is 74.1 cm³/mol. The number of benzene rings is 1. The highest BCUT2D eigenvalue weighted by molar-refractivity contribution is 5.55. The van der Waals surface area contributed by atoms with E-state index in [-0.39, 0.29) is 18.3 Å². The molecule has 0 saturated heterocycles. The summed E-state index contributed by atoms with van der Waals surface area (Å²) in [5.41, 5.74) is 3.54. The highest BCUT2D eigenvalue weighted by atomic mass is 19.4. The average Bonchev–Trinajstić information content (AvgIpc) is 2.42. The van der Waals surface area contributed by atoms with Crippen LogP contribution >= 0.6 is 0 Å². The summed E-state index contributed by atoms with van der Waals surface area (Å²) in [6.45, 7) is 2.28. The molecule has 1 rings (SSSR count). The number of alkyl halides is 3. The molecule has 5 nitrogen and oxygen atoms in total. The van der Waals surface area contributed by atoms with E-state index in [1.165, 1.54) is 6.07 Å². The number of nitrogens with one attached hydrogen (secondary N) is 1. The van der Waals surface area contributed by atoms with E-state index >= 15 is 0 Å². The zero-order valence-corrected chi connectivity index (χ0v) is 11.6. The fraction of sp³-hybridized carbons (Fsp3) is 0.538. The zero-order valence-electron chi connectivity index (χ0n) is 11.6. The van der Waals surface area contributed by atoms with Crippen molar-refractivity contribution in [3.63, 3.8) is 0 Å². The molecule has 0 fully saturated rings. The average molecular weight is 305 g/mol. The summed E-state index contributed by atoms with van der Waals surface area (Å²) in [4.78, 5) is 9.63. The molecule has 0 amide bonds. The maximum absolute atomic E-state index is 12.9. The third-order valence-electron chi connectivity index (χ3n) is 3.06. The van der Waals surface area contributed by atoms with Crippen molar-refractivity contribution in [2.45, 2.75) is 38.4 Å². The van der Waals surface area contributed by atoms with Crippen molar-refractivity contribution in [2.24, 2.45) is 5.73 Å². The maximum Gasteiger partial charge on any atom is 0.423 e. The van der Waals surface area contributed by atoms with Gasteiger partial charge in [0, 0.05) is 24.3 Å². The monoisotopic (exact) mass is 305 g/mol. The zero-order chi connectivity index (χ0) is 16.0. The molecule has 1 unspecified atom stereocenters. The number of hydrogen-bond donors (Lipinski definition) is 2. The maximum atomic E-state index is 12.9. The van der Waals surface area contributed by atoms with Gasteiger partial charge in [-0.1, -0.05) is 19.8 Å². The van der Waals surface area contributed by atoms with E-state index in [2.05, 4.69) is 5.32 Å². The summed E-state index contributed by atoms with van der Waals surface area (Å²) in [6, 6.07) is 2.72. The summed E-state index contributed by atoms with van der Waals surface area (Å²) in [7, 11) is 0. The lowest BCUT2D eigenvalue weighted by molar-refractivity contribution is -0.388. The lowest BCUT2D eigenvalue weighted by atomic mass is 10.1. The third kappa shape index (κ3) is 4.89. The minimum absolute atomic E-state index is 0.160. The number of nitrogens with two attached hydrogens (primary N) is 1. The van der Waals surface area contributed by atoms with E-state index in [0.29, 0.717) is 0 Å². The first-order valence-electron chi connectivity index (χ1n) is 6.61. The predicted octanol–water partition coefficient (Wildman–Crippen LogP) is 3.54. The Hall–Kier alpha value is -1.83. The molecular weight excluding hydrogens is 287 g/mol. The van der Waals surface area contributed by atoms with E-state index in [4.69, 9.17) is 5.73 Å². The van der Waals surface area contributed by atoms with Gasteiger partial charge in [0.05, 0.1) is 4.92 Å². The Morgan fingerprint density at radius 2 is 2.10 bits per heavy atom. The molecule has 8 heteroatoms. The fourth-order valence-corrected chi connectivity index (χ4v) is 1.95. The molecule has 21 heavy (non-hydrogen) atoms. The minimum Gasteiger partial charge on any atom is -0.381 e. The number of hydrogen-bond acceptors (Lipinski definition) is 4. The second-order valence-electron chi connectivity index (χ2n) is 4.71. The summed E-state index contributed by atoms with van der Waals surface area (Å²) >= 11 is 0. The van der Waals surface area contributed by atoms with Crippen LogP contribution in [0, 0.1) is 10.1 Å². The molecule has 0 heterocycles. The van der Waals surface area contributed by atoms with Gasteiger partial charge >= 0.3 is 6.18 Å². The fourth-order valence-electron chi connectivity index (χ4n) is 1.95. The van der Waals surface area contributed by atoms with Crippen LogP contribution < -0.4 is 11.1 Å². The Balaban J connectivity index is 3.02. The van der Waals surface area contributed by atoms with Crippen LogP contribution in [0.3, 0.4) is 0 Å². The summed E-state index contributed by atoms with van der Waals surface area (Å²) < 4.78 is 38.6. The standard InChI is InChI=1S/C13H18F3N3O2/c1-2-3-4-10(8-17)18-9-5-6-12(19(20)21)11(7-9)13(14,15)16/h5-7,10,18H,2-4,8,17H2,1H3. The molecule has 3 N–H and O–H groups in total. The Bertz CT molecular complexity index is 492. The smallest absolute Gasteiger partial charge is 0.381 e. The van der Waals surface area contributed by atoms with Gasteiger partial charge in [-0.15, -0.1) is 0 Å². The van der Waals surface area contributed by atoms with E-state index in [1.807, 2.05) is 6.92 Å². The van der Waals surface area contributed by atoms with Crippen molar-refractivity contribution >= 4 is 11.4 Å². The molecule has 0 aliphatic carbocycles. The first-order valence-corrected chi connectivity index (χ1v) is 6.61. The quantitative estimate of drug-likeness (QED) is 0.596. The van der Waals surface area contributed by atoms with Crippen molar-refractivity contribution in [1.82, 2.24) is 0 Å². The molecule has 0 saturated carbocycles. The number of rotatable bonds is 7. The lowest BCUT2D eigenvalue weighted by Gasteiger charge is -2.18. The minimum atomic E-state index is -4.78. The van der Waals surface area contributed by atoms with Gasteiger partial charge in [-0.25, -0.2) is 0 Å². The second-order valence-corrected chi connectivity index (χ2v) is 4.71. The molecular formula is C13H18F3N3O2. The van der Waals surface area contributed by atoms with Gasteiger partial charge in [-0.3, -0.25) is 10.1 Å². The molecule has 0 spiro atoms. The van der Waals surface area contributed by atoms with Gasteiger partial charge in [-0.05, 0) is 18.6 Å². The van der Waals surface area contributed by atoms with Crippen LogP contribution in [0.2, 0.25) is 0 Å². The van der Waals surface area contributed by atoms with Gasteiger partial charge < -0.3 is 11.1 Å². The van der Waals surface area contributed by atoms with Crippen LogP contribution in [0.5, 0.6) is 0 Å². The number of nitrogens with zero attached hydrogens (tertiary/aromatic N) is 1. The molecule has 1 aromatic carbocycles. The van der Waals surface area contributed by atoms with Crippen LogP contribution in [-0.2, 0) is 6.18 Å². The molecule has 1 aromatic rings. The first kappa shape index (κ1) is 17.2. The molecule has 118 valence electrons. The molecule has 0 aromatic heterocycles. The van der Waals surface area contributed by atoms with E-state index in [9.17, 15) is 23.3 Å². The number of halogens is 3. The van der Waals surface area contributed by atoms with Crippen LogP contribution in [0.25, 0.3) is 0 Å². The highest BCUT2D eigenvalue weighted by Gasteiger charge is 2.38. The Morgan fingerprint density at radius 1 is 1.43 bits per heavy atom. The Kier molecular flexibility index (Phi) is 5.95. The van der Waals surface area contributed by atoms with Gasteiger partial charge in [0.25, 0.3) is 5.69 Å². The van der Waals surface area contributed by atoms with Crippen LogP contribution in [0.1, 0.15) is 31.7 Å². The van der Waals surface area contributed by atoms with Crippen LogP contribution in [0.15, 0.2) is 18.2 Å². The summed E-state index contributed by atoms with van der Waals surface area (Å²) in [5.74, 6) is 0. The third-order valence-corrected chi connectivity index (χ3v) is 3.06. The van der Waals surface area contributed by atoms with Crippen molar-refractivity contribution in [3.8, 4) is 0 Å². The number of unbranched alkanes of at least 4 members (excludes halogenated alkanes) is 1. The normalized spacial score (nSPS) is 13.0. The number of anilines is 1. The van der Waals surface area contributed by atoms with Crippen LogP contribution in [-0.4, -0.2) is 17.5 Å². The number of nitro groups is 1. The van der Waals surface area contributed by atoms with E-state index in [1.54, 1.807) is 0 Å². The lowest BCUT2D eigenvalue weighted by Crippen LogP contribution is -2.28. The molecule has 0 radical (unpaired) electrons. The Labute approximate surface area is 120 Å². The molecule has 0 aliphatic heterocycles. The van der Waals surface area contributed by atoms with E-state index in [0.717, 1.165) is 31.4 Å². The van der Waals surface area contributed by atoms with Crippen molar-refractivity contribution < 1.29 is 18.1 Å². The van der Waals surface area contributed by atoms with Gasteiger partial charge in [-0.2, -0.15) is 13.2 Å². The highest BCUT2D eigenvalue weighted by Crippen LogP contribution is 2.37. The van der Waals surface area contributed by atoms with Gasteiger partial charge in [0.1, 0.15) is 5.56 Å². The van der Waals surface area contributed by atoms with Crippen LogP contribution in [0.4, 0.5) is 24.5 Å². The van der Waals surface area contributed by atoms with Crippen molar-refractivity contribution in [3.05, 3.63) is 33.9 Å².